The maximum Gasteiger partial charge on any atom is 0.123 e. The molecular formula is C29H17F3. The smallest absolute Gasteiger partial charge is 0.123 e. The first-order valence-corrected chi connectivity index (χ1v) is 9.90. The molecule has 0 aromatic heterocycles. The summed E-state index contributed by atoms with van der Waals surface area (Å²) in [6.45, 7) is 0. The minimum atomic E-state index is -1.13. The molecule has 3 heteroatoms. The van der Waals surface area contributed by atoms with E-state index in [1.54, 1.807) is 42.5 Å². The van der Waals surface area contributed by atoms with Crippen LogP contribution in [0.1, 0.15) is 27.8 Å². The van der Waals surface area contributed by atoms with Crippen LogP contribution in [0, 0.1) is 41.6 Å². The molecule has 4 aromatic carbocycles. The molecule has 4 rings (SSSR count). The normalized spacial score (nSPS) is 10.7. The Kier molecular flexibility index (Phi) is 5.84. The zero-order chi connectivity index (χ0) is 22.6. The number of rotatable bonds is 3. The van der Waals surface area contributed by atoms with E-state index in [2.05, 4.69) is 17.8 Å². The molecule has 0 radical (unpaired) electrons. The number of hydrogen-bond donors (Lipinski definition) is 0. The highest BCUT2D eigenvalue weighted by Gasteiger charge is 2.35. The summed E-state index contributed by atoms with van der Waals surface area (Å²) in [5.41, 5.74) is 2.11. The van der Waals surface area contributed by atoms with Crippen LogP contribution in [0.15, 0.2) is 97.1 Å². The minimum absolute atomic E-state index is 0.397. The first-order chi connectivity index (χ1) is 15.5. The van der Waals surface area contributed by atoms with Crippen molar-refractivity contribution in [1.82, 2.24) is 0 Å². The molecule has 154 valence electrons. The molecule has 0 atom stereocenters. The summed E-state index contributed by atoms with van der Waals surface area (Å²) in [5.74, 6) is 7.92. The second-order valence-corrected chi connectivity index (χ2v) is 7.21. The standard InChI is InChI=1S/C29H17F3/c1-2-21-5-3-4-6-22(21)19-20-29(23-7-13-26(30)14-8-23,24-9-15-27(31)16-10-24)25-11-17-28(32)18-12-25/h1,3-18H. The maximum absolute atomic E-state index is 13.8. The van der Waals surface area contributed by atoms with Gasteiger partial charge in [0.1, 0.15) is 22.9 Å². The Labute approximate surface area is 185 Å². The Morgan fingerprint density at radius 3 is 1.28 bits per heavy atom. The summed E-state index contributed by atoms with van der Waals surface area (Å²) < 4.78 is 41.3. The fraction of sp³-hybridized carbons (Fsp3) is 0.0345. The largest absolute Gasteiger partial charge is 0.207 e. The molecule has 0 fully saturated rings. The molecule has 0 amide bonds. The second kappa shape index (κ2) is 8.88. The highest BCUT2D eigenvalue weighted by atomic mass is 19.1. The van der Waals surface area contributed by atoms with Crippen LogP contribution in [-0.2, 0) is 5.41 Å². The number of terminal acetylenes is 1. The highest BCUT2D eigenvalue weighted by Crippen LogP contribution is 2.39. The highest BCUT2D eigenvalue weighted by molar-refractivity contribution is 5.61. The molecule has 0 nitrogen and oxygen atoms in total. The van der Waals surface area contributed by atoms with Crippen LogP contribution < -0.4 is 0 Å². The monoisotopic (exact) mass is 422 g/mol. The van der Waals surface area contributed by atoms with E-state index in [9.17, 15) is 13.2 Å². The van der Waals surface area contributed by atoms with Crippen LogP contribution in [-0.4, -0.2) is 0 Å². The SMILES string of the molecule is C#Cc1ccccc1C#CC(c1ccc(F)cc1)(c1ccc(F)cc1)c1ccc(F)cc1. The predicted molar refractivity (Wildman–Crippen MR) is 120 cm³/mol. The van der Waals surface area contributed by atoms with Gasteiger partial charge in [-0.3, -0.25) is 0 Å². The third-order valence-corrected chi connectivity index (χ3v) is 5.30. The molecule has 32 heavy (non-hydrogen) atoms. The van der Waals surface area contributed by atoms with E-state index in [1.165, 1.54) is 36.4 Å². The molecule has 0 saturated carbocycles. The van der Waals surface area contributed by atoms with Gasteiger partial charge in [-0.15, -0.1) is 6.42 Å². The van der Waals surface area contributed by atoms with Gasteiger partial charge in [0.15, 0.2) is 0 Å². The van der Waals surface area contributed by atoms with Gasteiger partial charge in [-0.05, 0) is 65.2 Å². The molecule has 0 aliphatic rings. The summed E-state index contributed by atoms with van der Waals surface area (Å²) in [5, 5.41) is 0. The topological polar surface area (TPSA) is 0 Å². The van der Waals surface area contributed by atoms with Gasteiger partial charge in [0.25, 0.3) is 0 Å². The predicted octanol–water partition coefficient (Wildman–Crippen LogP) is 6.47. The summed E-state index contributed by atoms with van der Waals surface area (Å²) >= 11 is 0. The van der Waals surface area contributed by atoms with Gasteiger partial charge >= 0.3 is 0 Å². The lowest BCUT2D eigenvalue weighted by Crippen LogP contribution is -2.28. The molecular weight excluding hydrogens is 405 g/mol. The van der Waals surface area contributed by atoms with Crippen molar-refractivity contribution in [3.05, 3.63) is 142 Å². The Hall–Kier alpha value is -4.21. The molecule has 0 unspecified atom stereocenters. The molecule has 4 aromatic rings. The number of benzene rings is 4. The van der Waals surface area contributed by atoms with Gasteiger partial charge < -0.3 is 0 Å². The van der Waals surface area contributed by atoms with Crippen molar-refractivity contribution < 1.29 is 13.2 Å². The molecule has 0 saturated heterocycles. The average Bonchev–Trinajstić information content (AvgIpc) is 2.82. The molecule has 0 spiro atoms. The minimum Gasteiger partial charge on any atom is -0.207 e. The van der Waals surface area contributed by atoms with Crippen LogP contribution in [0.25, 0.3) is 0 Å². The van der Waals surface area contributed by atoms with Crippen molar-refractivity contribution in [1.29, 1.82) is 0 Å². The van der Waals surface area contributed by atoms with Crippen LogP contribution in [0.5, 0.6) is 0 Å². The summed E-state index contributed by atoms with van der Waals surface area (Å²) in [7, 11) is 0. The lowest BCUT2D eigenvalue weighted by Gasteiger charge is -2.31. The van der Waals surface area contributed by atoms with Crippen molar-refractivity contribution in [2.45, 2.75) is 5.41 Å². The lowest BCUT2D eigenvalue weighted by molar-refractivity contribution is 0.622. The maximum atomic E-state index is 13.8. The molecule has 0 N–H and O–H groups in total. The van der Waals surface area contributed by atoms with E-state index in [0.717, 1.165) is 0 Å². The lowest BCUT2D eigenvalue weighted by atomic mass is 9.70. The van der Waals surface area contributed by atoms with Gasteiger partial charge in [-0.2, -0.15) is 0 Å². The Morgan fingerprint density at radius 2 is 0.906 bits per heavy atom. The Balaban J connectivity index is 2.07. The van der Waals surface area contributed by atoms with E-state index >= 15 is 0 Å². The van der Waals surface area contributed by atoms with Gasteiger partial charge in [0.2, 0.25) is 0 Å². The van der Waals surface area contributed by atoms with Crippen LogP contribution >= 0.6 is 0 Å². The van der Waals surface area contributed by atoms with Crippen molar-refractivity contribution in [2.24, 2.45) is 0 Å². The zero-order valence-corrected chi connectivity index (χ0v) is 16.9. The second-order valence-electron chi connectivity index (χ2n) is 7.21. The summed E-state index contributed by atoms with van der Waals surface area (Å²) in [6, 6.07) is 25.1. The molecule has 0 heterocycles. The molecule has 0 aliphatic carbocycles. The van der Waals surface area contributed by atoms with E-state index in [1.807, 2.05) is 18.2 Å². The van der Waals surface area contributed by atoms with Crippen molar-refractivity contribution in [3.63, 3.8) is 0 Å². The summed E-state index contributed by atoms with van der Waals surface area (Å²) in [4.78, 5) is 0. The third kappa shape index (κ3) is 4.02. The van der Waals surface area contributed by atoms with Crippen molar-refractivity contribution in [2.75, 3.05) is 0 Å². The Morgan fingerprint density at radius 1 is 0.531 bits per heavy atom. The van der Waals surface area contributed by atoms with Crippen LogP contribution in [0.2, 0.25) is 0 Å². The third-order valence-electron chi connectivity index (χ3n) is 5.30. The van der Waals surface area contributed by atoms with E-state index < -0.39 is 22.9 Å². The first kappa shape index (κ1) is 21.0. The molecule has 0 bridgehead atoms. The number of hydrogen-bond acceptors (Lipinski definition) is 0. The van der Waals surface area contributed by atoms with Crippen LogP contribution in [0.3, 0.4) is 0 Å². The average molecular weight is 422 g/mol. The first-order valence-electron chi connectivity index (χ1n) is 9.90. The number of halogens is 3. The van der Waals surface area contributed by atoms with E-state index in [4.69, 9.17) is 6.42 Å². The van der Waals surface area contributed by atoms with Gasteiger partial charge in [-0.1, -0.05) is 66.3 Å². The van der Waals surface area contributed by atoms with E-state index in [-0.39, 0.29) is 0 Å². The van der Waals surface area contributed by atoms with Crippen molar-refractivity contribution in [3.8, 4) is 24.2 Å². The van der Waals surface area contributed by atoms with Gasteiger partial charge in [-0.25, -0.2) is 13.2 Å². The Bertz CT molecular complexity index is 1220. The van der Waals surface area contributed by atoms with Gasteiger partial charge in [0, 0.05) is 11.1 Å². The van der Waals surface area contributed by atoms with Gasteiger partial charge in [0.05, 0.1) is 0 Å². The molecule has 0 aliphatic heterocycles. The van der Waals surface area contributed by atoms with Crippen LogP contribution in [0.4, 0.5) is 13.2 Å². The van der Waals surface area contributed by atoms with E-state index in [0.29, 0.717) is 27.8 Å². The quantitative estimate of drug-likeness (QED) is 0.262. The zero-order valence-electron chi connectivity index (χ0n) is 16.9. The van der Waals surface area contributed by atoms with Crippen molar-refractivity contribution >= 4 is 0 Å². The summed E-state index contributed by atoms with van der Waals surface area (Å²) in [6.07, 6.45) is 5.63. The fourth-order valence-corrected chi connectivity index (χ4v) is 3.70. The fourth-order valence-electron chi connectivity index (χ4n) is 3.70.